The van der Waals surface area contributed by atoms with Crippen LogP contribution in [-0.2, 0) is 13.0 Å². The third kappa shape index (κ3) is 1.93. The van der Waals surface area contributed by atoms with Gasteiger partial charge in [-0.1, -0.05) is 13.0 Å². The molecule has 16 heavy (non-hydrogen) atoms. The summed E-state index contributed by atoms with van der Waals surface area (Å²) in [4.78, 5) is 12.6. The van der Waals surface area contributed by atoms with E-state index in [-0.39, 0.29) is 10.6 Å². The molecule has 4 heteroatoms. The Kier molecular flexibility index (Phi) is 2.92. The second-order valence-corrected chi connectivity index (χ2v) is 4.39. The minimum absolute atomic E-state index is 0.196. The molecule has 0 bridgehead atoms. The van der Waals surface area contributed by atoms with Crippen molar-refractivity contribution in [1.82, 2.24) is 4.90 Å². The molecule has 0 unspecified atom stereocenters. The summed E-state index contributed by atoms with van der Waals surface area (Å²) in [6, 6.07) is 5.78. The molecule has 0 N–H and O–H groups in total. The van der Waals surface area contributed by atoms with Gasteiger partial charge >= 0.3 is 0 Å². The first-order chi connectivity index (χ1) is 7.61. The van der Waals surface area contributed by atoms with Gasteiger partial charge in [-0.3, -0.25) is 15.0 Å². The Balaban J connectivity index is 2.32. The molecule has 1 aliphatic heterocycles. The first kappa shape index (κ1) is 11.1. The smallest absolute Gasteiger partial charge is 0.269 e. The molecule has 0 saturated heterocycles. The number of hydrogen-bond donors (Lipinski definition) is 0. The third-order valence-corrected chi connectivity index (χ3v) is 3.37. The van der Waals surface area contributed by atoms with E-state index in [4.69, 9.17) is 0 Å². The van der Waals surface area contributed by atoms with Crippen LogP contribution >= 0.6 is 0 Å². The quantitative estimate of drug-likeness (QED) is 0.567. The summed E-state index contributed by atoms with van der Waals surface area (Å²) in [6.45, 7) is 2.99. The highest BCUT2D eigenvalue weighted by molar-refractivity contribution is 5.41. The lowest BCUT2D eigenvalue weighted by atomic mass is 9.93. The van der Waals surface area contributed by atoms with Crippen molar-refractivity contribution in [3.8, 4) is 0 Å². The van der Waals surface area contributed by atoms with Gasteiger partial charge in [0.1, 0.15) is 0 Å². The third-order valence-electron chi connectivity index (χ3n) is 3.37. The average Bonchev–Trinajstić information content (AvgIpc) is 2.27. The zero-order valence-corrected chi connectivity index (χ0v) is 9.64. The van der Waals surface area contributed by atoms with E-state index >= 15 is 0 Å². The van der Waals surface area contributed by atoms with Crippen LogP contribution in [0.1, 0.15) is 24.5 Å². The lowest BCUT2D eigenvalue weighted by Crippen LogP contribution is -2.36. The van der Waals surface area contributed by atoms with Crippen molar-refractivity contribution in [2.24, 2.45) is 0 Å². The molecular formula is C12H16N2O2. The Hall–Kier alpha value is -1.42. The summed E-state index contributed by atoms with van der Waals surface area (Å²) in [5.41, 5.74) is 2.55. The molecule has 0 saturated carbocycles. The van der Waals surface area contributed by atoms with E-state index in [1.54, 1.807) is 12.1 Å². The number of nitro benzene ring substituents is 1. The van der Waals surface area contributed by atoms with Gasteiger partial charge in [-0.25, -0.2) is 0 Å². The molecule has 1 atom stereocenters. The number of hydrogen-bond acceptors (Lipinski definition) is 3. The summed E-state index contributed by atoms with van der Waals surface area (Å²) in [6.07, 6.45) is 2.12. The molecule has 0 aromatic heterocycles. The fraction of sp³-hybridized carbons (Fsp3) is 0.500. The van der Waals surface area contributed by atoms with Gasteiger partial charge in [0.05, 0.1) is 4.92 Å². The highest BCUT2D eigenvalue weighted by Gasteiger charge is 2.23. The summed E-state index contributed by atoms with van der Waals surface area (Å²) in [7, 11) is 2.08. The van der Waals surface area contributed by atoms with E-state index in [1.807, 2.05) is 6.07 Å². The Morgan fingerprint density at radius 3 is 2.88 bits per heavy atom. The van der Waals surface area contributed by atoms with Crippen molar-refractivity contribution in [2.45, 2.75) is 32.4 Å². The molecule has 4 nitrogen and oxygen atoms in total. The van der Waals surface area contributed by atoms with Crippen LogP contribution in [0.25, 0.3) is 0 Å². The largest absolute Gasteiger partial charge is 0.299 e. The number of nitro groups is 1. The van der Waals surface area contributed by atoms with Crippen molar-refractivity contribution >= 4 is 5.69 Å². The van der Waals surface area contributed by atoms with Crippen LogP contribution in [0.4, 0.5) is 5.69 Å². The van der Waals surface area contributed by atoms with Gasteiger partial charge in [-0.2, -0.15) is 0 Å². The van der Waals surface area contributed by atoms with Crippen LogP contribution in [0.3, 0.4) is 0 Å². The molecule has 2 rings (SSSR count). The lowest BCUT2D eigenvalue weighted by molar-refractivity contribution is -0.385. The number of benzene rings is 1. The molecule has 1 heterocycles. The highest BCUT2D eigenvalue weighted by Crippen LogP contribution is 2.26. The van der Waals surface area contributed by atoms with Gasteiger partial charge in [0.25, 0.3) is 5.69 Å². The highest BCUT2D eigenvalue weighted by atomic mass is 16.6. The molecule has 1 aliphatic rings. The van der Waals surface area contributed by atoms with Crippen LogP contribution < -0.4 is 0 Å². The van der Waals surface area contributed by atoms with Crippen molar-refractivity contribution < 1.29 is 4.92 Å². The standard InChI is InChI=1S/C12H16N2O2/c1-3-11-6-9-4-5-12(14(15)16)7-10(9)8-13(11)2/h4-5,7,11H,3,6,8H2,1-2H3/t11-/m1/s1. The van der Waals surface area contributed by atoms with Crippen molar-refractivity contribution in [2.75, 3.05) is 7.05 Å². The first-order valence-electron chi connectivity index (χ1n) is 5.58. The van der Waals surface area contributed by atoms with Gasteiger partial charge < -0.3 is 0 Å². The zero-order valence-electron chi connectivity index (χ0n) is 9.64. The van der Waals surface area contributed by atoms with Gasteiger partial charge in [0.2, 0.25) is 0 Å². The topological polar surface area (TPSA) is 46.4 Å². The minimum atomic E-state index is -0.327. The van der Waals surface area contributed by atoms with Gasteiger partial charge in [0, 0.05) is 24.7 Å². The molecule has 0 amide bonds. The van der Waals surface area contributed by atoms with Crippen LogP contribution in [0.2, 0.25) is 0 Å². The van der Waals surface area contributed by atoms with Crippen LogP contribution in [0.5, 0.6) is 0 Å². The molecule has 0 spiro atoms. The normalized spacial score (nSPS) is 20.5. The predicted molar refractivity (Wildman–Crippen MR) is 62.3 cm³/mol. The van der Waals surface area contributed by atoms with Crippen molar-refractivity contribution in [3.63, 3.8) is 0 Å². The zero-order chi connectivity index (χ0) is 11.7. The molecule has 0 aliphatic carbocycles. The Bertz CT molecular complexity index is 417. The fourth-order valence-corrected chi connectivity index (χ4v) is 2.34. The lowest BCUT2D eigenvalue weighted by Gasteiger charge is -2.33. The summed E-state index contributed by atoms with van der Waals surface area (Å²) in [5.74, 6) is 0. The average molecular weight is 220 g/mol. The van der Waals surface area contributed by atoms with Gasteiger partial charge in [0.15, 0.2) is 0 Å². The number of non-ortho nitro benzene ring substituents is 1. The SMILES string of the molecule is CC[C@@H]1Cc2ccc([N+](=O)[O-])cc2CN1C. The van der Waals surface area contributed by atoms with Gasteiger partial charge in [-0.05, 0) is 31.0 Å². The predicted octanol–water partition coefficient (Wildman–Crippen LogP) is 2.36. The van der Waals surface area contributed by atoms with E-state index in [0.29, 0.717) is 6.04 Å². The van der Waals surface area contributed by atoms with E-state index in [2.05, 4.69) is 18.9 Å². The summed E-state index contributed by atoms with van der Waals surface area (Å²) >= 11 is 0. The number of rotatable bonds is 2. The molecule has 86 valence electrons. The first-order valence-corrected chi connectivity index (χ1v) is 5.58. The molecule has 1 aromatic rings. The summed E-state index contributed by atoms with van der Waals surface area (Å²) in [5, 5.41) is 10.7. The maximum Gasteiger partial charge on any atom is 0.269 e. The van der Waals surface area contributed by atoms with Crippen LogP contribution in [-0.4, -0.2) is 22.9 Å². The Morgan fingerprint density at radius 1 is 1.50 bits per heavy atom. The molecule has 0 radical (unpaired) electrons. The van der Waals surface area contributed by atoms with E-state index in [9.17, 15) is 10.1 Å². The number of likely N-dealkylation sites (N-methyl/N-ethyl adjacent to an activating group) is 1. The van der Waals surface area contributed by atoms with Gasteiger partial charge in [-0.15, -0.1) is 0 Å². The van der Waals surface area contributed by atoms with Crippen molar-refractivity contribution in [1.29, 1.82) is 0 Å². The Labute approximate surface area is 95.0 Å². The van der Waals surface area contributed by atoms with Crippen LogP contribution in [0.15, 0.2) is 18.2 Å². The monoisotopic (exact) mass is 220 g/mol. The second kappa shape index (κ2) is 4.22. The molecule has 0 fully saturated rings. The van der Waals surface area contributed by atoms with E-state index in [0.717, 1.165) is 24.9 Å². The van der Waals surface area contributed by atoms with E-state index in [1.165, 1.54) is 5.56 Å². The second-order valence-electron chi connectivity index (χ2n) is 4.39. The van der Waals surface area contributed by atoms with Crippen molar-refractivity contribution in [3.05, 3.63) is 39.4 Å². The summed E-state index contributed by atoms with van der Waals surface area (Å²) < 4.78 is 0. The fourth-order valence-electron chi connectivity index (χ4n) is 2.34. The Morgan fingerprint density at radius 2 is 2.25 bits per heavy atom. The maximum atomic E-state index is 10.7. The minimum Gasteiger partial charge on any atom is -0.299 e. The number of fused-ring (bicyclic) bond motifs is 1. The number of nitrogens with zero attached hydrogens (tertiary/aromatic N) is 2. The molecular weight excluding hydrogens is 204 g/mol. The maximum absolute atomic E-state index is 10.7. The van der Waals surface area contributed by atoms with Crippen LogP contribution in [0, 0.1) is 10.1 Å². The van der Waals surface area contributed by atoms with E-state index < -0.39 is 0 Å². The molecule has 1 aromatic carbocycles.